The van der Waals surface area contributed by atoms with E-state index in [0.29, 0.717) is 20.7 Å². The Morgan fingerprint density at radius 3 is 2.63 bits per heavy atom. The summed E-state index contributed by atoms with van der Waals surface area (Å²) in [5.74, 6) is -0.834. The smallest absolute Gasteiger partial charge is 0.268 e. The highest BCUT2D eigenvalue weighted by Gasteiger charge is 2.38. The zero-order valence-electron chi connectivity index (χ0n) is 9.43. The first-order valence-electron chi connectivity index (χ1n) is 5.39. The highest BCUT2D eigenvalue weighted by atomic mass is 79.9. The highest BCUT2D eigenvalue weighted by molar-refractivity contribution is 9.10. The van der Waals surface area contributed by atoms with Gasteiger partial charge in [0.25, 0.3) is 11.8 Å². The van der Waals surface area contributed by atoms with Gasteiger partial charge in [0.2, 0.25) is 0 Å². The number of nitrogens with zero attached hydrogens (tertiary/aromatic N) is 2. The Hall–Kier alpha value is -1.72. The zero-order chi connectivity index (χ0) is 13.6. The molecule has 0 aliphatic carbocycles. The Morgan fingerprint density at radius 2 is 1.89 bits per heavy atom. The molecule has 0 unspecified atom stereocenters. The van der Waals surface area contributed by atoms with Crippen molar-refractivity contribution < 1.29 is 9.59 Å². The second-order valence-electron chi connectivity index (χ2n) is 3.92. The first-order valence-corrected chi connectivity index (χ1v) is 6.56. The van der Waals surface area contributed by atoms with Crippen LogP contribution in [0, 0.1) is 0 Å². The molecule has 1 aromatic heterocycles. The molecule has 0 spiro atoms. The van der Waals surface area contributed by atoms with Gasteiger partial charge in [-0.25, -0.2) is 4.90 Å². The van der Waals surface area contributed by atoms with Gasteiger partial charge in [-0.05, 0) is 40.2 Å². The van der Waals surface area contributed by atoms with Crippen LogP contribution in [0.1, 0.15) is 20.8 Å². The average molecular weight is 338 g/mol. The SMILES string of the molecule is O=C1c2cccnc2C(=O)N1c1cccc(Cl)c1Br. The third-order valence-electron chi connectivity index (χ3n) is 2.82. The summed E-state index contributed by atoms with van der Waals surface area (Å²) >= 11 is 9.28. The molecule has 2 aromatic rings. The van der Waals surface area contributed by atoms with Crippen LogP contribution in [-0.2, 0) is 0 Å². The summed E-state index contributed by atoms with van der Waals surface area (Å²) in [4.78, 5) is 29.6. The Balaban J connectivity index is 2.17. The molecule has 0 N–H and O–H groups in total. The lowest BCUT2D eigenvalue weighted by Crippen LogP contribution is -2.29. The topological polar surface area (TPSA) is 50.3 Å². The van der Waals surface area contributed by atoms with E-state index >= 15 is 0 Å². The van der Waals surface area contributed by atoms with Gasteiger partial charge in [0.15, 0.2) is 0 Å². The van der Waals surface area contributed by atoms with E-state index in [1.807, 2.05) is 0 Å². The van der Waals surface area contributed by atoms with Gasteiger partial charge in [0.1, 0.15) is 5.69 Å². The standard InChI is InChI=1S/C13H6BrClN2O2/c14-10-8(15)4-1-5-9(10)17-12(18)7-3-2-6-16-11(7)13(17)19/h1-6H. The molecule has 0 radical (unpaired) electrons. The second kappa shape index (κ2) is 4.43. The molecule has 4 nitrogen and oxygen atoms in total. The lowest BCUT2D eigenvalue weighted by Gasteiger charge is -2.15. The number of imide groups is 1. The summed E-state index contributed by atoms with van der Waals surface area (Å²) in [7, 11) is 0. The third-order valence-corrected chi connectivity index (χ3v) is 4.20. The van der Waals surface area contributed by atoms with Gasteiger partial charge in [-0.2, -0.15) is 0 Å². The van der Waals surface area contributed by atoms with Crippen LogP contribution in [0.5, 0.6) is 0 Å². The van der Waals surface area contributed by atoms with E-state index in [1.54, 1.807) is 30.3 Å². The summed E-state index contributed by atoms with van der Waals surface area (Å²) in [5.41, 5.74) is 0.888. The number of hydrogen-bond donors (Lipinski definition) is 0. The number of hydrogen-bond acceptors (Lipinski definition) is 3. The minimum absolute atomic E-state index is 0.166. The van der Waals surface area contributed by atoms with Crippen LogP contribution in [0.15, 0.2) is 41.0 Å². The fourth-order valence-corrected chi connectivity index (χ4v) is 2.56. The minimum Gasteiger partial charge on any atom is -0.268 e. The largest absolute Gasteiger partial charge is 0.284 e. The molecule has 2 heterocycles. The number of carbonyl (C=O) groups excluding carboxylic acids is 2. The van der Waals surface area contributed by atoms with E-state index in [9.17, 15) is 9.59 Å². The number of aromatic nitrogens is 1. The van der Waals surface area contributed by atoms with Gasteiger partial charge in [-0.1, -0.05) is 17.7 Å². The van der Waals surface area contributed by atoms with Crippen LogP contribution < -0.4 is 4.90 Å². The Labute approximate surface area is 122 Å². The molecule has 94 valence electrons. The first-order chi connectivity index (χ1) is 9.11. The van der Waals surface area contributed by atoms with Gasteiger partial charge in [-0.3, -0.25) is 14.6 Å². The number of halogens is 2. The van der Waals surface area contributed by atoms with Crippen molar-refractivity contribution in [1.29, 1.82) is 0 Å². The van der Waals surface area contributed by atoms with Crippen molar-refractivity contribution in [2.75, 3.05) is 4.90 Å². The fraction of sp³-hybridized carbons (Fsp3) is 0. The number of anilines is 1. The Bertz CT molecular complexity index is 683. The zero-order valence-corrected chi connectivity index (χ0v) is 11.8. The number of carbonyl (C=O) groups is 2. The maximum atomic E-state index is 12.3. The van der Waals surface area contributed by atoms with E-state index in [1.165, 1.54) is 6.20 Å². The molecule has 0 saturated heterocycles. The summed E-state index contributed by atoms with van der Waals surface area (Å²) in [5, 5.41) is 0.432. The lowest BCUT2D eigenvalue weighted by molar-refractivity contribution is 0.0924. The molecule has 1 aromatic carbocycles. The Morgan fingerprint density at radius 1 is 1.11 bits per heavy atom. The molecule has 2 amide bonds. The van der Waals surface area contributed by atoms with E-state index in [4.69, 9.17) is 11.6 Å². The average Bonchev–Trinajstić information content (AvgIpc) is 2.67. The third kappa shape index (κ3) is 1.77. The van der Waals surface area contributed by atoms with Gasteiger partial charge in [0, 0.05) is 6.20 Å². The molecule has 1 aliphatic heterocycles. The van der Waals surface area contributed by atoms with Crippen LogP contribution in [0.4, 0.5) is 5.69 Å². The molecule has 3 rings (SSSR count). The van der Waals surface area contributed by atoms with Crippen molar-refractivity contribution in [2.45, 2.75) is 0 Å². The number of benzene rings is 1. The van der Waals surface area contributed by atoms with Gasteiger partial charge < -0.3 is 0 Å². The van der Waals surface area contributed by atoms with E-state index in [-0.39, 0.29) is 5.69 Å². The van der Waals surface area contributed by atoms with Crippen molar-refractivity contribution in [3.63, 3.8) is 0 Å². The molecule has 1 aliphatic rings. The molecule has 0 bridgehead atoms. The van der Waals surface area contributed by atoms with Crippen molar-refractivity contribution >= 4 is 45.0 Å². The summed E-state index contributed by atoms with van der Waals surface area (Å²) in [6.07, 6.45) is 1.49. The quantitative estimate of drug-likeness (QED) is 0.750. The highest BCUT2D eigenvalue weighted by Crippen LogP contribution is 2.36. The summed E-state index contributed by atoms with van der Waals surface area (Å²) in [6, 6.07) is 8.21. The van der Waals surface area contributed by atoms with Crippen LogP contribution in [0.2, 0.25) is 5.02 Å². The van der Waals surface area contributed by atoms with Crippen molar-refractivity contribution in [3.05, 3.63) is 57.3 Å². The van der Waals surface area contributed by atoms with Crippen LogP contribution in [0.25, 0.3) is 0 Å². The molecule has 0 fully saturated rings. The minimum atomic E-state index is -0.441. The molecule has 6 heteroatoms. The lowest BCUT2D eigenvalue weighted by atomic mass is 10.2. The summed E-state index contributed by atoms with van der Waals surface area (Å²) < 4.78 is 0.506. The number of fused-ring (bicyclic) bond motifs is 1. The van der Waals surface area contributed by atoms with Gasteiger partial charge >= 0.3 is 0 Å². The van der Waals surface area contributed by atoms with E-state index < -0.39 is 11.8 Å². The van der Waals surface area contributed by atoms with E-state index in [0.717, 1.165) is 4.90 Å². The van der Waals surface area contributed by atoms with Crippen LogP contribution in [-0.4, -0.2) is 16.8 Å². The Kier molecular flexibility index (Phi) is 2.88. The molecular formula is C13H6BrClN2O2. The van der Waals surface area contributed by atoms with Crippen molar-refractivity contribution in [3.8, 4) is 0 Å². The van der Waals surface area contributed by atoms with Crippen LogP contribution >= 0.6 is 27.5 Å². The van der Waals surface area contributed by atoms with E-state index in [2.05, 4.69) is 20.9 Å². The predicted molar refractivity (Wildman–Crippen MR) is 74.5 cm³/mol. The first kappa shape index (κ1) is 12.3. The molecule has 0 atom stereocenters. The monoisotopic (exact) mass is 336 g/mol. The van der Waals surface area contributed by atoms with Crippen molar-refractivity contribution in [1.82, 2.24) is 4.98 Å². The van der Waals surface area contributed by atoms with Crippen molar-refractivity contribution in [2.24, 2.45) is 0 Å². The fourth-order valence-electron chi connectivity index (χ4n) is 1.95. The number of pyridine rings is 1. The van der Waals surface area contributed by atoms with Gasteiger partial charge in [-0.15, -0.1) is 0 Å². The molecule has 0 saturated carbocycles. The number of rotatable bonds is 1. The normalized spacial score (nSPS) is 13.9. The number of amides is 2. The molecular weight excluding hydrogens is 332 g/mol. The maximum Gasteiger partial charge on any atom is 0.284 e. The van der Waals surface area contributed by atoms with Gasteiger partial charge in [0.05, 0.1) is 20.7 Å². The summed E-state index contributed by atoms with van der Waals surface area (Å²) in [6.45, 7) is 0. The van der Waals surface area contributed by atoms with Crippen LogP contribution in [0.3, 0.4) is 0 Å². The predicted octanol–water partition coefficient (Wildman–Crippen LogP) is 3.30. The maximum absolute atomic E-state index is 12.3. The second-order valence-corrected chi connectivity index (χ2v) is 5.12. The molecule has 19 heavy (non-hydrogen) atoms.